The van der Waals surface area contributed by atoms with Crippen LogP contribution in [0.1, 0.15) is 65.7 Å². The maximum atomic E-state index is 12.9. The zero-order valence-electron chi connectivity index (χ0n) is 22.9. The Morgan fingerprint density at radius 2 is 1.97 bits per heavy atom. The van der Waals surface area contributed by atoms with Crippen LogP contribution in [0.15, 0.2) is 12.0 Å². The minimum Gasteiger partial charge on any atom is -0.472 e. The van der Waals surface area contributed by atoms with Crippen molar-refractivity contribution in [1.29, 1.82) is 0 Å². The number of ketones is 1. The van der Waals surface area contributed by atoms with Crippen LogP contribution in [0.2, 0.25) is 0 Å². The predicted octanol–water partition coefficient (Wildman–Crippen LogP) is 1.93. The highest BCUT2D eigenvalue weighted by Crippen LogP contribution is 2.41. The first-order valence-corrected chi connectivity index (χ1v) is 14.5. The largest absolute Gasteiger partial charge is 0.472 e. The molecule has 0 aromatic carbocycles. The van der Waals surface area contributed by atoms with Crippen molar-refractivity contribution in [3.8, 4) is 0 Å². The van der Waals surface area contributed by atoms with Crippen molar-refractivity contribution in [2.75, 3.05) is 32.9 Å². The molecule has 9 nitrogen and oxygen atoms in total. The van der Waals surface area contributed by atoms with E-state index >= 15 is 0 Å². The summed E-state index contributed by atoms with van der Waals surface area (Å²) in [6.45, 7) is 9.60. The Morgan fingerprint density at radius 1 is 1.22 bits per heavy atom. The molecular weight excluding hydrogens is 472 g/mol. The monoisotopic (exact) mass is 520 g/mol. The third-order valence-electron chi connectivity index (χ3n) is 9.18. The van der Waals surface area contributed by atoms with Gasteiger partial charge in [0.2, 0.25) is 5.91 Å². The van der Waals surface area contributed by atoms with Gasteiger partial charge >= 0.3 is 0 Å². The van der Waals surface area contributed by atoms with Gasteiger partial charge in [-0.15, -0.1) is 0 Å². The van der Waals surface area contributed by atoms with E-state index in [0.717, 1.165) is 58.0 Å². The number of fused-ring (bicyclic) bond motifs is 1. The second-order valence-electron chi connectivity index (χ2n) is 11.6. The topological polar surface area (TPSA) is 129 Å². The number of morpholine rings is 1. The Morgan fingerprint density at radius 3 is 2.65 bits per heavy atom. The van der Waals surface area contributed by atoms with Gasteiger partial charge in [-0.2, -0.15) is 0 Å². The van der Waals surface area contributed by atoms with E-state index in [1.165, 1.54) is 0 Å². The molecular formula is C28H48N4O5. The van der Waals surface area contributed by atoms with Crippen LogP contribution in [0.4, 0.5) is 0 Å². The van der Waals surface area contributed by atoms with E-state index in [4.69, 9.17) is 25.7 Å². The standard InChI is InChI=1S/C28H48N4O5/c1-4-17(3)25(28(30)34)22(14-19(29)5-2)31-20-8-6-7-18(13-20)21-16-36-27-23(33)15-24(37-26(21)27)32-9-11-35-12-10-32/h15,17-22,25-27,31H,4-14,16,29H2,1-3H3,(H2,30,34). The summed E-state index contributed by atoms with van der Waals surface area (Å²) in [5, 5.41) is 3.85. The molecule has 0 spiro atoms. The molecule has 4 aliphatic rings. The predicted molar refractivity (Wildman–Crippen MR) is 141 cm³/mol. The van der Waals surface area contributed by atoms with Gasteiger partial charge in [-0.3, -0.25) is 9.59 Å². The summed E-state index contributed by atoms with van der Waals surface area (Å²) in [5.74, 6) is 0.929. The van der Waals surface area contributed by atoms with Gasteiger partial charge in [0.1, 0.15) is 6.10 Å². The minimum atomic E-state index is -0.511. The van der Waals surface area contributed by atoms with Crippen LogP contribution in [0.5, 0.6) is 0 Å². The van der Waals surface area contributed by atoms with E-state index in [0.29, 0.717) is 31.6 Å². The van der Waals surface area contributed by atoms with Crippen molar-refractivity contribution in [1.82, 2.24) is 10.2 Å². The molecule has 9 unspecified atom stereocenters. The summed E-state index contributed by atoms with van der Waals surface area (Å²) in [6, 6.07) is 0.257. The number of nitrogens with one attached hydrogen (secondary N) is 1. The summed E-state index contributed by atoms with van der Waals surface area (Å²) < 4.78 is 18.0. The molecule has 2 saturated heterocycles. The van der Waals surface area contributed by atoms with E-state index < -0.39 is 6.10 Å². The number of rotatable bonds is 11. The smallest absolute Gasteiger partial charge is 0.222 e. The van der Waals surface area contributed by atoms with Crippen LogP contribution in [0.3, 0.4) is 0 Å². The highest BCUT2D eigenvalue weighted by molar-refractivity contribution is 5.95. The number of ether oxygens (including phenoxy) is 3. The first-order chi connectivity index (χ1) is 17.8. The van der Waals surface area contributed by atoms with Crippen LogP contribution in [-0.2, 0) is 23.8 Å². The van der Waals surface area contributed by atoms with Gasteiger partial charge in [0.15, 0.2) is 17.8 Å². The SMILES string of the molecule is CCC(N)CC(NC1CCCC(C2COC3C(=O)C=C(N4CCOCC4)OC32)C1)C(C(N)=O)C(C)CC. The van der Waals surface area contributed by atoms with Crippen molar-refractivity contribution in [3.63, 3.8) is 0 Å². The second-order valence-corrected chi connectivity index (χ2v) is 11.6. The maximum Gasteiger partial charge on any atom is 0.222 e. The van der Waals surface area contributed by atoms with Crippen molar-refractivity contribution >= 4 is 11.7 Å². The second kappa shape index (κ2) is 12.9. The average Bonchev–Trinajstić information content (AvgIpc) is 3.33. The molecule has 0 radical (unpaired) electrons. The lowest BCUT2D eigenvalue weighted by Gasteiger charge is -2.41. The number of carbonyl (C=O) groups excluding carboxylic acids is 2. The molecule has 4 rings (SSSR count). The highest BCUT2D eigenvalue weighted by atomic mass is 16.6. The molecule has 3 heterocycles. The molecule has 0 bridgehead atoms. The summed E-state index contributed by atoms with van der Waals surface area (Å²) in [5.41, 5.74) is 12.3. The summed E-state index contributed by atoms with van der Waals surface area (Å²) in [6.07, 6.45) is 7.55. The van der Waals surface area contributed by atoms with Crippen LogP contribution in [0.25, 0.3) is 0 Å². The normalized spacial score (nSPS) is 33.6. The maximum absolute atomic E-state index is 12.9. The zero-order chi connectivity index (χ0) is 26.5. The molecule has 0 aromatic rings. The Labute approximate surface area is 222 Å². The van der Waals surface area contributed by atoms with Gasteiger partial charge in [-0.25, -0.2) is 0 Å². The Hall–Kier alpha value is -1.68. The van der Waals surface area contributed by atoms with Gasteiger partial charge in [0.25, 0.3) is 0 Å². The third kappa shape index (κ3) is 6.67. The Bertz CT molecular complexity index is 816. The van der Waals surface area contributed by atoms with E-state index in [2.05, 4.69) is 31.0 Å². The van der Waals surface area contributed by atoms with Crippen LogP contribution >= 0.6 is 0 Å². The summed E-state index contributed by atoms with van der Waals surface area (Å²) >= 11 is 0. The first-order valence-electron chi connectivity index (χ1n) is 14.5. The quantitative estimate of drug-likeness (QED) is 0.377. The molecule has 3 fully saturated rings. The number of amides is 1. The molecule has 9 atom stereocenters. The van der Waals surface area contributed by atoms with Gasteiger partial charge in [-0.05, 0) is 43.9 Å². The zero-order valence-corrected chi connectivity index (χ0v) is 22.9. The minimum absolute atomic E-state index is 0.0113. The number of nitrogens with two attached hydrogens (primary N) is 2. The Kier molecular flexibility index (Phi) is 9.89. The lowest BCUT2D eigenvalue weighted by atomic mass is 9.74. The van der Waals surface area contributed by atoms with Gasteiger partial charge in [0, 0.05) is 43.2 Å². The third-order valence-corrected chi connectivity index (χ3v) is 9.18. The molecule has 1 aliphatic carbocycles. The van der Waals surface area contributed by atoms with E-state index in [1.54, 1.807) is 6.08 Å². The number of hydrogen-bond donors (Lipinski definition) is 3. The van der Waals surface area contributed by atoms with E-state index in [1.807, 2.05) is 0 Å². The van der Waals surface area contributed by atoms with Gasteiger partial charge < -0.3 is 35.9 Å². The van der Waals surface area contributed by atoms with Crippen molar-refractivity contribution in [2.24, 2.45) is 35.1 Å². The van der Waals surface area contributed by atoms with Crippen molar-refractivity contribution in [3.05, 3.63) is 12.0 Å². The molecule has 37 heavy (non-hydrogen) atoms. The molecule has 210 valence electrons. The fourth-order valence-corrected chi connectivity index (χ4v) is 6.76. The van der Waals surface area contributed by atoms with Crippen molar-refractivity contribution < 1.29 is 23.8 Å². The molecule has 9 heteroatoms. The number of primary amides is 1. The fraction of sp³-hybridized carbons (Fsp3) is 0.857. The lowest BCUT2D eigenvalue weighted by molar-refractivity contribution is -0.133. The summed E-state index contributed by atoms with van der Waals surface area (Å²) in [4.78, 5) is 27.6. The average molecular weight is 521 g/mol. The van der Waals surface area contributed by atoms with Crippen molar-refractivity contribution in [2.45, 2.75) is 96.1 Å². The number of nitrogens with zero attached hydrogens (tertiary/aromatic N) is 1. The van der Waals surface area contributed by atoms with E-state index in [-0.39, 0.29) is 53.7 Å². The summed E-state index contributed by atoms with van der Waals surface area (Å²) in [7, 11) is 0. The van der Waals surface area contributed by atoms with Gasteiger partial charge in [0.05, 0.1) is 25.7 Å². The van der Waals surface area contributed by atoms with Crippen LogP contribution in [0, 0.1) is 23.7 Å². The van der Waals surface area contributed by atoms with E-state index in [9.17, 15) is 9.59 Å². The number of carbonyl (C=O) groups is 2. The van der Waals surface area contributed by atoms with Crippen LogP contribution < -0.4 is 16.8 Å². The number of hydrogen-bond acceptors (Lipinski definition) is 8. The molecule has 3 aliphatic heterocycles. The first kappa shape index (κ1) is 28.3. The Balaban J connectivity index is 1.44. The lowest BCUT2D eigenvalue weighted by Crippen LogP contribution is -2.53. The molecule has 1 amide bonds. The highest BCUT2D eigenvalue weighted by Gasteiger charge is 2.50. The molecule has 5 N–H and O–H groups in total. The molecule has 0 aromatic heterocycles. The molecule has 1 saturated carbocycles. The fourth-order valence-electron chi connectivity index (χ4n) is 6.76. The van der Waals surface area contributed by atoms with Crippen LogP contribution in [-0.4, -0.2) is 79.8 Å². The van der Waals surface area contributed by atoms with Gasteiger partial charge in [-0.1, -0.05) is 33.6 Å².